The van der Waals surface area contributed by atoms with Crippen LogP contribution in [0.25, 0.3) is 0 Å². The van der Waals surface area contributed by atoms with E-state index in [9.17, 15) is 14.7 Å². The summed E-state index contributed by atoms with van der Waals surface area (Å²) in [5, 5.41) is 21.5. The minimum atomic E-state index is -1.08. The van der Waals surface area contributed by atoms with Crippen molar-refractivity contribution in [3.8, 4) is 11.8 Å². The van der Waals surface area contributed by atoms with Gasteiger partial charge in [-0.25, -0.2) is 0 Å². The van der Waals surface area contributed by atoms with Crippen LogP contribution in [0, 0.1) is 11.8 Å². The molecule has 0 atom stereocenters. The zero-order valence-corrected chi connectivity index (χ0v) is 14.6. The molecular weight excluding hydrogens is 320 g/mol. The molecule has 1 aliphatic heterocycles. The Bertz CT molecular complexity index is 689. The number of nitrogens with zero attached hydrogens (tertiary/aromatic N) is 1. The third kappa shape index (κ3) is 6.57. The Morgan fingerprint density at radius 3 is 2.60 bits per heavy atom. The number of carboxylic acid groups (broad SMARTS) is 1. The Labute approximate surface area is 147 Å². The van der Waals surface area contributed by atoms with Gasteiger partial charge in [0.15, 0.2) is 0 Å². The lowest BCUT2D eigenvalue weighted by Crippen LogP contribution is -2.45. The van der Waals surface area contributed by atoms with Crippen LogP contribution < -0.4 is 5.32 Å². The van der Waals surface area contributed by atoms with E-state index < -0.39 is 11.6 Å². The Morgan fingerprint density at radius 1 is 1.32 bits per heavy atom. The van der Waals surface area contributed by atoms with E-state index in [-0.39, 0.29) is 18.5 Å². The molecule has 0 radical (unpaired) electrons. The van der Waals surface area contributed by atoms with Gasteiger partial charge in [-0.1, -0.05) is 17.9 Å². The summed E-state index contributed by atoms with van der Waals surface area (Å²) in [6, 6.07) is 7.03. The minimum Gasteiger partial charge on any atom is -0.480 e. The normalized spacial score (nSPS) is 16.0. The Balaban J connectivity index is 1.93. The highest BCUT2D eigenvalue weighted by molar-refractivity contribution is 5.94. The third-order valence-corrected chi connectivity index (χ3v) is 3.92. The van der Waals surface area contributed by atoms with Crippen molar-refractivity contribution in [3.05, 3.63) is 35.4 Å². The average molecular weight is 344 g/mol. The number of aliphatic carboxylic acids is 1. The summed E-state index contributed by atoms with van der Waals surface area (Å²) >= 11 is 0. The molecule has 25 heavy (non-hydrogen) atoms. The van der Waals surface area contributed by atoms with Gasteiger partial charge in [0.1, 0.15) is 5.60 Å². The first-order chi connectivity index (χ1) is 11.7. The molecule has 1 amide bonds. The monoisotopic (exact) mass is 344 g/mol. The summed E-state index contributed by atoms with van der Waals surface area (Å²) in [6.07, 6.45) is 1.47. The molecule has 1 fully saturated rings. The number of aliphatic hydroxyl groups is 1. The second-order valence-electron chi connectivity index (χ2n) is 6.81. The van der Waals surface area contributed by atoms with Crippen LogP contribution in [0.4, 0.5) is 0 Å². The molecule has 6 nitrogen and oxygen atoms in total. The standard InChI is InChI=1S/C19H24N2O4/c1-19(2,25)9-6-14-4-3-5-15(12-14)18(24)20-16-7-10-21(11-8-16)13-17(22)23/h3-5,12,16,25H,7-8,10-11,13H2,1-2H3,(H,20,24)(H,22,23). The fourth-order valence-corrected chi connectivity index (χ4v) is 2.66. The maximum Gasteiger partial charge on any atom is 0.317 e. The summed E-state index contributed by atoms with van der Waals surface area (Å²) < 4.78 is 0. The molecule has 0 aromatic heterocycles. The van der Waals surface area contributed by atoms with Gasteiger partial charge >= 0.3 is 5.97 Å². The number of carbonyl (C=O) groups is 2. The quantitative estimate of drug-likeness (QED) is 0.712. The third-order valence-electron chi connectivity index (χ3n) is 3.92. The molecule has 0 spiro atoms. The highest BCUT2D eigenvalue weighted by atomic mass is 16.4. The van der Waals surface area contributed by atoms with Crippen LogP contribution in [0.2, 0.25) is 0 Å². The van der Waals surface area contributed by atoms with Gasteiger partial charge in [-0.2, -0.15) is 0 Å². The van der Waals surface area contributed by atoms with E-state index >= 15 is 0 Å². The lowest BCUT2D eigenvalue weighted by atomic mass is 10.0. The summed E-state index contributed by atoms with van der Waals surface area (Å²) in [6.45, 7) is 4.58. The molecule has 134 valence electrons. The molecule has 0 unspecified atom stereocenters. The molecular formula is C19H24N2O4. The van der Waals surface area contributed by atoms with Crippen molar-refractivity contribution in [1.82, 2.24) is 10.2 Å². The molecule has 1 saturated heterocycles. The van der Waals surface area contributed by atoms with Crippen LogP contribution in [0.3, 0.4) is 0 Å². The van der Waals surface area contributed by atoms with Crippen LogP contribution in [-0.2, 0) is 4.79 Å². The number of hydrogen-bond acceptors (Lipinski definition) is 4. The van der Waals surface area contributed by atoms with Crippen molar-refractivity contribution < 1.29 is 19.8 Å². The van der Waals surface area contributed by atoms with Gasteiger partial charge in [0.2, 0.25) is 0 Å². The van der Waals surface area contributed by atoms with Crippen molar-refractivity contribution in [2.45, 2.75) is 38.3 Å². The Morgan fingerprint density at radius 2 is 2.00 bits per heavy atom. The van der Waals surface area contributed by atoms with E-state index in [1.54, 1.807) is 38.1 Å². The molecule has 1 heterocycles. The van der Waals surface area contributed by atoms with Crippen LogP contribution in [-0.4, -0.2) is 58.3 Å². The van der Waals surface area contributed by atoms with E-state index in [0.717, 1.165) is 12.8 Å². The first-order valence-electron chi connectivity index (χ1n) is 8.33. The van der Waals surface area contributed by atoms with Gasteiger partial charge in [0, 0.05) is 30.3 Å². The van der Waals surface area contributed by atoms with E-state index in [2.05, 4.69) is 17.2 Å². The Kier molecular flexibility index (Phi) is 6.18. The number of carboxylic acids is 1. The zero-order valence-electron chi connectivity index (χ0n) is 14.6. The van der Waals surface area contributed by atoms with E-state index in [1.807, 2.05) is 4.90 Å². The van der Waals surface area contributed by atoms with Gasteiger partial charge in [-0.3, -0.25) is 14.5 Å². The number of rotatable bonds is 4. The summed E-state index contributed by atoms with van der Waals surface area (Å²) in [5.74, 6) is 4.60. The van der Waals surface area contributed by atoms with Gasteiger partial charge in [0.25, 0.3) is 5.91 Å². The molecule has 2 rings (SSSR count). The maximum atomic E-state index is 12.4. The van der Waals surface area contributed by atoms with Gasteiger partial charge in [-0.05, 0) is 44.9 Å². The second kappa shape index (κ2) is 8.15. The molecule has 1 aliphatic rings. The fraction of sp³-hybridized carbons (Fsp3) is 0.474. The average Bonchev–Trinajstić information content (AvgIpc) is 2.54. The lowest BCUT2D eigenvalue weighted by Gasteiger charge is -2.31. The molecule has 0 bridgehead atoms. The number of likely N-dealkylation sites (tertiary alicyclic amines) is 1. The van der Waals surface area contributed by atoms with Crippen molar-refractivity contribution in [2.24, 2.45) is 0 Å². The topological polar surface area (TPSA) is 89.9 Å². The molecule has 6 heteroatoms. The fourth-order valence-electron chi connectivity index (χ4n) is 2.66. The van der Waals surface area contributed by atoms with Crippen molar-refractivity contribution in [3.63, 3.8) is 0 Å². The lowest BCUT2D eigenvalue weighted by molar-refractivity contribution is -0.138. The number of benzene rings is 1. The smallest absolute Gasteiger partial charge is 0.317 e. The minimum absolute atomic E-state index is 0.0442. The van der Waals surface area contributed by atoms with Crippen LogP contribution in [0.1, 0.15) is 42.6 Å². The van der Waals surface area contributed by atoms with Gasteiger partial charge in [0.05, 0.1) is 6.54 Å². The van der Waals surface area contributed by atoms with Crippen molar-refractivity contribution in [2.75, 3.05) is 19.6 Å². The van der Waals surface area contributed by atoms with E-state index in [0.29, 0.717) is 24.2 Å². The number of piperidine rings is 1. The largest absolute Gasteiger partial charge is 0.480 e. The summed E-state index contributed by atoms with van der Waals surface area (Å²) in [5.41, 5.74) is 0.115. The SMILES string of the molecule is CC(C)(O)C#Cc1cccc(C(=O)NC2CCN(CC(=O)O)CC2)c1. The van der Waals surface area contributed by atoms with Crippen LogP contribution in [0.5, 0.6) is 0 Å². The predicted octanol–water partition coefficient (Wildman–Crippen LogP) is 1.09. The maximum absolute atomic E-state index is 12.4. The van der Waals surface area contributed by atoms with Crippen LogP contribution >= 0.6 is 0 Å². The number of amides is 1. The molecule has 0 aliphatic carbocycles. The summed E-state index contributed by atoms with van der Waals surface area (Å²) in [7, 11) is 0. The number of carbonyl (C=O) groups excluding carboxylic acids is 1. The van der Waals surface area contributed by atoms with Gasteiger partial charge < -0.3 is 15.5 Å². The first kappa shape index (κ1) is 19.0. The molecule has 0 saturated carbocycles. The predicted molar refractivity (Wildman–Crippen MR) is 94.2 cm³/mol. The number of hydrogen-bond donors (Lipinski definition) is 3. The first-order valence-corrected chi connectivity index (χ1v) is 8.33. The van der Waals surface area contributed by atoms with E-state index in [4.69, 9.17) is 5.11 Å². The molecule has 3 N–H and O–H groups in total. The molecule has 1 aromatic carbocycles. The van der Waals surface area contributed by atoms with Gasteiger partial charge in [-0.15, -0.1) is 0 Å². The highest BCUT2D eigenvalue weighted by Gasteiger charge is 2.22. The van der Waals surface area contributed by atoms with Crippen molar-refractivity contribution in [1.29, 1.82) is 0 Å². The molecule has 1 aromatic rings. The second-order valence-corrected chi connectivity index (χ2v) is 6.81. The summed E-state index contributed by atoms with van der Waals surface area (Å²) in [4.78, 5) is 25.0. The van der Waals surface area contributed by atoms with E-state index in [1.165, 1.54) is 0 Å². The van der Waals surface area contributed by atoms with Crippen LogP contribution in [0.15, 0.2) is 24.3 Å². The zero-order chi connectivity index (χ0) is 18.4. The number of nitrogens with one attached hydrogen (secondary N) is 1. The highest BCUT2D eigenvalue weighted by Crippen LogP contribution is 2.12. The van der Waals surface area contributed by atoms with Crippen molar-refractivity contribution >= 4 is 11.9 Å². The Hall–Kier alpha value is -2.36.